The van der Waals surface area contributed by atoms with E-state index in [9.17, 15) is 22.8 Å². The van der Waals surface area contributed by atoms with Crippen molar-refractivity contribution in [2.45, 2.75) is 18.6 Å². The van der Waals surface area contributed by atoms with Gasteiger partial charge in [-0.05, 0) is 31.8 Å². The van der Waals surface area contributed by atoms with Gasteiger partial charge in [-0.3, -0.25) is 9.59 Å². The molecule has 6 nitrogen and oxygen atoms in total. The summed E-state index contributed by atoms with van der Waals surface area (Å²) in [4.78, 5) is 25.4. The largest absolute Gasteiger partial charge is 0.497 e. The van der Waals surface area contributed by atoms with Crippen LogP contribution in [0.15, 0.2) is 24.3 Å². The molecular weight excluding hydrogens is 353 g/mol. The van der Waals surface area contributed by atoms with Crippen molar-refractivity contribution in [3.05, 3.63) is 29.8 Å². The number of alkyl halides is 3. The van der Waals surface area contributed by atoms with E-state index in [-0.39, 0.29) is 19.5 Å². The van der Waals surface area contributed by atoms with Gasteiger partial charge in [0.2, 0.25) is 0 Å². The molecule has 1 rings (SSSR count). The minimum atomic E-state index is -5.02. The molecule has 0 fully saturated rings. The van der Waals surface area contributed by atoms with Crippen molar-refractivity contribution in [2.75, 3.05) is 41.4 Å². The van der Waals surface area contributed by atoms with Crippen LogP contribution >= 0.6 is 0 Å². The minimum Gasteiger partial charge on any atom is -0.497 e. The lowest BCUT2D eigenvalue weighted by Crippen LogP contribution is -2.46. The van der Waals surface area contributed by atoms with Crippen LogP contribution < -0.4 is 4.74 Å². The molecule has 1 unspecified atom stereocenters. The van der Waals surface area contributed by atoms with Crippen LogP contribution in [0.5, 0.6) is 5.75 Å². The molecule has 0 N–H and O–H groups in total. The number of methoxy groups -OCH3 is 2. The lowest BCUT2D eigenvalue weighted by atomic mass is 10.0. The van der Waals surface area contributed by atoms with E-state index in [0.717, 1.165) is 7.11 Å². The SMILES string of the molecule is COC(=O)CCN(CC(c1ccc(OC)cc1)N(C)C)C(=O)C(F)(F)F. The van der Waals surface area contributed by atoms with Gasteiger partial charge in [0.05, 0.1) is 26.7 Å². The number of rotatable bonds is 8. The molecule has 0 aliphatic carbocycles. The van der Waals surface area contributed by atoms with Crippen LogP contribution in [-0.4, -0.2) is 69.3 Å². The number of amides is 1. The first-order valence-corrected chi connectivity index (χ1v) is 7.83. The Hall–Kier alpha value is -2.29. The van der Waals surface area contributed by atoms with E-state index in [1.54, 1.807) is 43.3 Å². The van der Waals surface area contributed by atoms with Gasteiger partial charge in [0.15, 0.2) is 0 Å². The van der Waals surface area contributed by atoms with E-state index >= 15 is 0 Å². The van der Waals surface area contributed by atoms with Crippen LogP contribution in [0.2, 0.25) is 0 Å². The number of esters is 1. The Labute approximate surface area is 150 Å². The van der Waals surface area contributed by atoms with Crippen molar-refractivity contribution in [2.24, 2.45) is 0 Å². The van der Waals surface area contributed by atoms with E-state index in [0.29, 0.717) is 16.2 Å². The Morgan fingerprint density at radius 2 is 1.69 bits per heavy atom. The molecule has 0 radical (unpaired) electrons. The average molecular weight is 376 g/mol. The van der Waals surface area contributed by atoms with E-state index in [2.05, 4.69) is 4.74 Å². The smallest absolute Gasteiger partial charge is 0.471 e. The standard InChI is InChI=1S/C17H23F3N2O4/c1-21(2)14(12-5-7-13(25-3)8-6-12)11-22(10-9-15(23)26-4)16(24)17(18,19)20/h5-8,14H,9-11H2,1-4H3. The summed E-state index contributed by atoms with van der Waals surface area (Å²) in [5, 5.41) is 0. The first kappa shape index (κ1) is 21.8. The summed E-state index contributed by atoms with van der Waals surface area (Å²) in [6, 6.07) is 6.33. The first-order chi connectivity index (χ1) is 12.1. The Bertz CT molecular complexity index is 603. The highest BCUT2D eigenvalue weighted by molar-refractivity contribution is 5.82. The van der Waals surface area contributed by atoms with Gasteiger partial charge >= 0.3 is 18.1 Å². The molecule has 1 amide bonds. The molecular formula is C17H23F3N2O4. The van der Waals surface area contributed by atoms with Crippen LogP contribution in [0.3, 0.4) is 0 Å². The quantitative estimate of drug-likeness (QED) is 0.652. The Balaban J connectivity index is 3.05. The number of carbonyl (C=O) groups is 2. The zero-order valence-electron chi connectivity index (χ0n) is 15.2. The molecule has 0 spiro atoms. The number of carbonyl (C=O) groups excluding carboxylic acids is 2. The number of likely N-dealkylation sites (N-methyl/N-ethyl adjacent to an activating group) is 1. The zero-order chi connectivity index (χ0) is 19.9. The highest BCUT2D eigenvalue weighted by Crippen LogP contribution is 2.25. The van der Waals surface area contributed by atoms with E-state index in [4.69, 9.17) is 4.74 Å². The van der Waals surface area contributed by atoms with Crippen LogP contribution in [-0.2, 0) is 14.3 Å². The zero-order valence-corrected chi connectivity index (χ0v) is 15.2. The van der Waals surface area contributed by atoms with Crippen LogP contribution in [0.4, 0.5) is 13.2 Å². The number of hydrogen-bond acceptors (Lipinski definition) is 5. The summed E-state index contributed by atoms with van der Waals surface area (Å²) in [6.07, 6.45) is -5.34. The monoisotopic (exact) mass is 376 g/mol. The van der Waals surface area contributed by atoms with Crippen molar-refractivity contribution in [1.82, 2.24) is 9.80 Å². The summed E-state index contributed by atoms with van der Waals surface area (Å²) >= 11 is 0. The summed E-state index contributed by atoms with van der Waals surface area (Å²) in [6.45, 7) is -0.611. The van der Waals surface area contributed by atoms with Crippen molar-refractivity contribution in [1.29, 1.82) is 0 Å². The second kappa shape index (κ2) is 9.42. The number of nitrogens with zero attached hydrogens (tertiary/aromatic N) is 2. The molecule has 146 valence electrons. The fourth-order valence-corrected chi connectivity index (χ4v) is 2.38. The number of halogens is 3. The molecule has 1 aromatic rings. The summed E-state index contributed by atoms with van der Waals surface area (Å²) in [5.74, 6) is -2.06. The van der Waals surface area contributed by atoms with Gasteiger partial charge in [0.25, 0.3) is 0 Å². The second-order valence-corrected chi connectivity index (χ2v) is 5.83. The van der Waals surface area contributed by atoms with Gasteiger partial charge in [0, 0.05) is 13.1 Å². The molecule has 0 aromatic heterocycles. The van der Waals surface area contributed by atoms with Crippen molar-refractivity contribution in [3.63, 3.8) is 0 Å². The molecule has 26 heavy (non-hydrogen) atoms. The molecule has 0 aliphatic heterocycles. The topological polar surface area (TPSA) is 59.1 Å². The first-order valence-electron chi connectivity index (χ1n) is 7.83. The molecule has 1 aromatic carbocycles. The van der Waals surface area contributed by atoms with E-state index in [1.165, 1.54) is 7.11 Å². The molecule has 0 heterocycles. The Morgan fingerprint density at radius 1 is 1.12 bits per heavy atom. The van der Waals surface area contributed by atoms with Crippen molar-refractivity contribution < 1.29 is 32.2 Å². The van der Waals surface area contributed by atoms with Crippen molar-refractivity contribution in [3.8, 4) is 5.75 Å². The van der Waals surface area contributed by atoms with Crippen molar-refractivity contribution >= 4 is 11.9 Å². The van der Waals surface area contributed by atoms with Gasteiger partial charge in [-0.25, -0.2) is 0 Å². The molecule has 0 aliphatic rings. The maximum atomic E-state index is 12.9. The van der Waals surface area contributed by atoms with Gasteiger partial charge in [-0.15, -0.1) is 0 Å². The molecule has 0 saturated heterocycles. The third-order valence-electron chi connectivity index (χ3n) is 3.86. The second-order valence-electron chi connectivity index (χ2n) is 5.83. The van der Waals surface area contributed by atoms with Gasteiger partial charge < -0.3 is 19.3 Å². The van der Waals surface area contributed by atoms with E-state index < -0.39 is 24.1 Å². The summed E-state index contributed by atoms with van der Waals surface area (Å²) in [7, 11) is 6.05. The molecule has 1 atom stereocenters. The number of ether oxygens (including phenoxy) is 2. The predicted octanol–water partition coefficient (Wildman–Crippen LogP) is 2.25. The average Bonchev–Trinajstić information content (AvgIpc) is 2.60. The Kier molecular flexibility index (Phi) is 7.88. The molecule has 9 heteroatoms. The van der Waals surface area contributed by atoms with Gasteiger partial charge in [-0.2, -0.15) is 13.2 Å². The number of benzene rings is 1. The fourth-order valence-electron chi connectivity index (χ4n) is 2.38. The number of hydrogen-bond donors (Lipinski definition) is 0. The van der Waals surface area contributed by atoms with Crippen LogP contribution in [0.1, 0.15) is 18.0 Å². The third kappa shape index (κ3) is 6.21. The van der Waals surface area contributed by atoms with Gasteiger partial charge in [0.1, 0.15) is 5.75 Å². The maximum absolute atomic E-state index is 12.9. The lowest BCUT2D eigenvalue weighted by Gasteiger charge is -2.32. The predicted molar refractivity (Wildman–Crippen MR) is 88.7 cm³/mol. The maximum Gasteiger partial charge on any atom is 0.471 e. The minimum absolute atomic E-state index is 0.228. The third-order valence-corrected chi connectivity index (χ3v) is 3.86. The lowest BCUT2D eigenvalue weighted by molar-refractivity contribution is -0.186. The Morgan fingerprint density at radius 3 is 2.12 bits per heavy atom. The molecule has 0 saturated carbocycles. The van der Waals surface area contributed by atoms with Crippen LogP contribution in [0.25, 0.3) is 0 Å². The molecule has 0 bridgehead atoms. The van der Waals surface area contributed by atoms with Crippen LogP contribution in [0, 0.1) is 0 Å². The highest BCUT2D eigenvalue weighted by atomic mass is 19.4. The normalized spacial score (nSPS) is 12.6. The summed E-state index contributed by atoms with van der Waals surface area (Å²) in [5.41, 5.74) is 0.717. The highest BCUT2D eigenvalue weighted by Gasteiger charge is 2.43. The fraction of sp³-hybridized carbons (Fsp3) is 0.529. The van der Waals surface area contributed by atoms with E-state index in [1.807, 2.05) is 0 Å². The summed E-state index contributed by atoms with van der Waals surface area (Å²) < 4.78 is 48.3. The van der Waals surface area contributed by atoms with Gasteiger partial charge in [-0.1, -0.05) is 12.1 Å².